The maximum Gasteiger partial charge on any atom is 0.325 e. The first-order valence-electron chi connectivity index (χ1n) is 8.31. The Bertz CT molecular complexity index is 704. The van der Waals surface area contributed by atoms with Crippen LogP contribution in [0.4, 0.5) is 4.79 Å². The summed E-state index contributed by atoms with van der Waals surface area (Å²) in [4.78, 5) is 38.6. The maximum atomic E-state index is 12.7. The molecule has 1 unspecified atom stereocenters. The van der Waals surface area contributed by atoms with Gasteiger partial charge in [-0.1, -0.05) is 6.92 Å². The summed E-state index contributed by atoms with van der Waals surface area (Å²) in [6.07, 6.45) is 1.62. The highest BCUT2D eigenvalue weighted by Crippen LogP contribution is 2.33. The molecular formula is C17H23N3O3S. The van der Waals surface area contributed by atoms with Gasteiger partial charge >= 0.3 is 6.03 Å². The number of nitrogens with zero attached hydrogens (tertiary/aromatic N) is 2. The van der Waals surface area contributed by atoms with Crippen molar-refractivity contribution in [2.24, 2.45) is 0 Å². The lowest BCUT2D eigenvalue weighted by Crippen LogP contribution is -2.47. The Morgan fingerprint density at radius 1 is 1.38 bits per heavy atom. The zero-order chi connectivity index (χ0) is 17.5. The van der Waals surface area contributed by atoms with Crippen LogP contribution in [0.25, 0.3) is 0 Å². The maximum absolute atomic E-state index is 12.7. The smallest absolute Gasteiger partial charge is 0.325 e. The van der Waals surface area contributed by atoms with E-state index in [9.17, 15) is 14.4 Å². The number of Topliss-reactive ketones (excluding diaryl/α,β-unsaturated/α-hetero) is 1. The van der Waals surface area contributed by atoms with E-state index in [-0.39, 0.29) is 18.2 Å². The van der Waals surface area contributed by atoms with Crippen LogP contribution in [0.3, 0.4) is 0 Å². The van der Waals surface area contributed by atoms with Gasteiger partial charge in [0, 0.05) is 29.2 Å². The van der Waals surface area contributed by atoms with Gasteiger partial charge in [-0.2, -0.15) is 11.8 Å². The van der Waals surface area contributed by atoms with Crippen LogP contribution in [-0.4, -0.2) is 50.8 Å². The Labute approximate surface area is 146 Å². The molecule has 3 amide bonds. The fraction of sp³-hybridized carbons (Fsp3) is 0.588. The van der Waals surface area contributed by atoms with E-state index in [1.807, 2.05) is 19.9 Å². The van der Waals surface area contributed by atoms with Gasteiger partial charge in [-0.25, -0.2) is 4.79 Å². The first-order chi connectivity index (χ1) is 11.4. The highest BCUT2D eigenvalue weighted by molar-refractivity contribution is 7.99. The van der Waals surface area contributed by atoms with E-state index >= 15 is 0 Å². The Morgan fingerprint density at radius 2 is 2.12 bits per heavy atom. The summed E-state index contributed by atoms with van der Waals surface area (Å²) >= 11 is 1.66. The molecule has 1 N–H and O–H groups in total. The molecule has 2 aliphatic rings. The highest BCUT2D eigenvalue weighted by Gasteiger charge is 2.53. The molecule has 0 radical (unpaired) electrons. The number of carbonyl (C=O) groups excluding carboxylic acids is 3. The molecule has 1 atom stereocenters. The molecular weight excluding hydrogens is 326 g/mol. The van der Waals surface area contributed by atoms with Crippen molar-refractivity contribution in [2.75, 3.05) is 18.1 Å². The van der Waals surface area contributed by atoms with Crippen LogP contribution in [0, 0.1) is 13.8 Å². The molecule has 0 bridgehead atoms. The van der Waals surface area contributed by atoms with Gasteiger partial charge in [-0.3, -0.25) is 14.5 Å². The molecule has 2 aliphatic heterocycles. The minimum atomic E-state index is -0.791. The van der Waals surface area contributed by atoms with Gasteiger partial charge < -0.3 is 9.88 Å². The second kappa shape index (κ2) is 6.27. The lowest BCUT2D eigenvalue weighted by Gasteiger charge is -2.19. The third-order valence-corrected chi connectivity index (χ3v) is 6.08. The fourth-order valence-electron chi connectivity index (χ4n) is 3.53. The molecule has 1 aromatic heterocycles. The predicted molar refractivity (Wildman–Crippen MR) is 93.4 cm³/mol. The van der Waals surface area contributed by atoms with Crippen molar-refractivity contribution in [1.29, 1.82) is 0 Å². The fourth-order valence-corrected chi connectivity index (χ4v) is 4.86. The van der Waals surface area contributed by atoms with Crippen molar-refractivity contribution in [3.63, 3.8) is 0 Å². The molecule has 0 aliphatic carbocycles. The minimum Gasteiger partial charge on any atom is -0.348 e. The minimum absolute atomic E-state index is 0.184. The number of hydrogen-bond donors (Lipinski definition) is 1. The van der Waals surface area contributed by atoms with Crippen LogP contribution in [0.1, 0.15) is 41.5 Å². The molecule has 24 heavy (non-hydrogen) atoms. The lowest BCUT2D eigenvalue weighted by molar-refractivity contribution is -0.130. The first-order valence-corrected chi connectivity index (χ1v) is 9.47. The number of aryl methyl sites for hydroxylation is 1. The van der Waals surface area contributed by atoms with Gasteiger partial charge in [0.25, 0.3) is 5.91 Å². The molecule has 3 rings (SSSR count). The van der Waals surface area contributed by atoms with E-state index < -0.39 is 11.6 Å². The lowest BCUT2D eigenvalue weighted by atomic mass is 9.99. The molecule has 0 saturated carbocycles. The standard InChI is InChI=1S/C17H23N3O3S/c1-4-6-19-11(2)8-13(12(19)3)14(21)9-20-15(22)17(18-16(20)23)5-7-24-10-17/h8H,4-7,9-10H2,1-3H3,(H,18,23). The second-order valence-corrected chi connectivity index (χ2v) is 7.67. The predicted octanol–water partition coefficient (Wildman–Crippen LogP) is 2.13. The molecule has 130 valence electrons. The van der Waals surface area contributed by atoms with Crippen molar-refractivity contribution >= 4 is 29.5 Å². The molecule has 2 fully saturated rings. The van der Waals surface area contributed by atoms with Gasteiger partial charge in [0.1, 0.15) is 5.54 Å². The number of urea groups is 1. The van der Waals surface area contributed by atoms with E-state index in [1.165, 1.54) is 0 Å². The van der Waals surface area contributed by atoms with E-state index in [0.717, 1.165) is 35.0 Å². The summed E-state index contributed by atoms with van der Waals surface area (Å²) in [5.74, 6) is 1.00. The van der Waals surface area contributed by atoms with Crippen LogP contribution < -0.4 is 5.32 Å². The largest absolute Gasteiger partial charge is 0.348 e. The average molecular weight is 349 g/mol. The molecule has 6 nitrogen and oxygen atoms in total. The van der Waals surface area contributed by atoms with Gasteiger partial charge in [-0.05, 0) is 38.5 Å². The zero-order valence-corrected chi connectivity index (χ0v) is 15.2. The van der Waals surface area contributed by atoms with Gasteiger partial charge in [0.05, 0.1) is 6.54 Å². The normalized spacial score (nSPS) is 23.4. The van der Waals surface area contributed by atoms with Crippen LogP contribution in [0.15, 0.2) is 6.07 Å². The van der Waals surface area contributed by atoms with E-state index in [2.05, 4.69) is 16.8 Å². The summed E-state index contributed by atoms with van der Waals surface area (Å²) in [5, 5.41) is 2.80. The Morgan fingerprint density at radius 3 is 2.75 bits per heavy atom. The van der Waals surface area contributed by atoms with Crippen LogP contribution in [0.2, 0.25) is 0 Å². The van der Waals surface area contributed by atoms with E-state index in [0.29, 0.717) is 17.7 Å². The molecule has 2 saturated heterocycles. The van der Waals surface area contributed by atoms with Crippen LogP contribution in [-0.2, 0) is 11.3 Å². The van der Waals surface area contributed by atoms with Gasteiger partial charge in [0.2, 0.25) is 0 Å². The topological polar surface area (TPSA) is 71.4 Å². The highest BCUT2D eigenvalue weighted by atomic mass is 32.2. The zero-order valence-electron chi connectivity index (χ0n) is 14.3. The third kappa shape index (κ3) is 2.64. The summed E-state index contributed by atoms with van der Waals surface area (Å²) < 4.78 is 2.11. The first kappa shape index (κ1) is 17.1. The van der Waals surface area contributed by atoms with Gasteiger partial charge in [0.15, 0.2) is 5.78 Å². The summed E-state index contributed by atoms with van der Waals surface area (Å²) in [6, 6.07) is 1.41. The quantitative estimate of drug-likeness (QED) is 0.653. The number of hydrogen-bond acceptors (Lipinski definition) is 4. The summed E-state index contributed by atoms with van der Waals surface area (Å²) in [6.45, 7) is 6.64. The van der Waals surface area contributed by atoms with E-state index in [1.54, 1.807) is 11.8 Å². The molecule has 1 spiro atoms. The Kier molecular flexibility index (Phi) is 4.46. The second-order valence-electron chi connectivity index (χ2n) is 6.57. The molecule has 7 heteroatoms. The van der Waals surface area contributed by atoms with Gasteiger partial charge in [-0.15, -0.1) is 0 Å². The van der Waals surface area contributed by atoms with Crippen molar-refractivity contribution in [3.8, 4) is 0 Å². The number of rotatable bonds is 5. The third-order valence-electron chi connectivity index (χ3n) is 4.89. The summed E-state index contributed by atoms with van der Waals surface area (Å²) in [7, 11) is 0. The number of carbonyl (C=O) groups is 3. The van der Waals surface area contributed by atoms with Crippen molar-refractivity contribution < 1.29 is 14.4 Å². The van der Waals surface area contributed by atoms with Crippen molar-refractivity contribution in [3.05, 3.63) is 23.0 Å². The SMILES string of the molecule is CCCn1c(C)cc(C(=O)CN2C(=O)NC3(CCSC3)C2=O)c1C. The number of amides is 3. The molecule has 3 heterocycles. The average Bonchev–Trinajstić information content (AvgIpc) is 3.18. The number of aromatic nitrogens is 1. The molecule has 0 aromatic carbocycles. The Hall–Kier alpha value is -1.76. The number of thioether (sulfide) groups is 1. The van der Waals surface area contributed by atoms with Crippen molar-refractivity contribution in [1.82, 2.24) is 14.8 Å². The number of imide groups is 1. The van der Waals surface area contributed by atoms with Crippen LogP contribution >= 0.6 is 11.8 Å². The molecule has 1 aromatic rings. The number of nitrogens with one attached hydrogen (secondary N) is 1. The van der Waals surface area contributed by atoms with Crippen molar-refractivity contribution in [2.45, 2.75) is 45.7 Å². The number of ketones is 1. The Balaban J connectivity index is 1.79. The monoisotopic (exact) mass is 349 g/mol. The van der Waals surface area contributed by atoms with Crippen LogP contribution in [0.5, 0.6) is 0 Å². The van der Waals surface area contributed by atoms with E-state index in [4.69, 9.17) is 0 Å². The summed E-state index contributed by atoms with van der Waals surface area (Å²) in [5.41, 5.74) is 1.74.